The molecule has 0 aliphatic carbocycles. The lowest BCUT2D eigenvalue weighted by Crippen LogP contribution is -2.29. The quantitative estimate of drug-likeness (QED) is 0.830. The van der Waals surface area contributed by atoms with Crippen LogP contribution in [-0.2, 0) is 9.59 Å². The second kappa shape index (κ2) is 7.35. The normalized spacial score (nSPS) is 10.1. The van der Waals surface area contributed by atoms with Crippen molar-refractivity contribution >= 4 is 52.1 Å². The minimum absolute atomic E-state index is 0.258. The number of carbonyl (C=O) groups is 2. The van der Waals surface area contributed by atoms with Crippen LogP contribution in [0.3, 0.4) is 0 Å². The Kier molecular flexibility index (Phi) is 5.47. The Morgan fingerprint density at radius 2 is 1.52 bits per heavy atom. The molecule has 0 spiro atoms. The molecule has 0 saturated carbocycles. The first-order valence-corrected chi connectivity index (χ1v) is 7.47. The van der Waals surface area contributed by atoms with Crippen LogP contribution >= 0.6 is 23.2 Å². The molecule has 0 aromatic heterocycles. The van der Waals surface area contributed by atoms with E-state index in [1.165, 1.54) is 12.1 Å². The van der Waals surface area contributed by atoms with E-state index in [-0.39, 0.29) is 5.02 Å². The molecule has 0 unspecified atom stereocenters. The molecule has 0 heterocycles. The maximum atomic E-state index is 11.9. The first-order chi connectivity index (χ1) is 10.9. The van der Waals surface area contributed by atoms with Crippen LogP contribution in [0.2, 0.25) is 10.0 Å². The highest BCUT2D eigenvalue weighted by Crippen LogP contribution is 2.25. The smallest absolute Gasteiger partial charge is 0.314 e. The number of hydrogen-bond acceptors (Lipinski definition) is 3. The van der Waals surface area contributed by atoms with Gasteiger partial charge in [0, 0.05) is 30.5 Å². The van der Waals surface area contributed by atoms with E-state index in [4.69, 9.17) is 23.2 Å². The summed E-state index contributed by atoms with van der Waals surface area (Å²) in [5.74, 6) is -1.60. The number of nitrogens with zero attached hydrogens (tertiary/aromatic N) is 1. The summed E-state index contributed by atoms with van der Waals surface area (Å²) in [6, 6.07) is 11.7. The maximum Gasteiger partial charge on any atom is 0.314 e. The molecule has 0 saturated heterocycles. The fraction of sp³-hybridized carbons (Fsp3) is 0.125. The molecule has 2 aromatic rings. The number of anilines is 3. The van der Waals surface area contributed by atoms with Crippen molar-refractivity contribution in [1.82, 2.24) is 0 Å². The molecule has 23 heavy (non-hydrogen) atoms. The Bertz CT molecular complexity index is 731. The zero-order valence-corrected chi connectivity index (χ0v) is 14.1. The zero-order valence-electron chi connectivity index (χ0n) is 12.6. The molecule has 2 rings (SSSR count). The summed E-state index contributed by atoms with van der Waals surface area (Å²) in [5, 5.41) is 5.66. The van der Waals surface area contributed by atoms with E-state index in [0.29, 0.717) is 16.4 Å². The van der Waals surface area contributed by atoms with Gasteiger partial charge >= 0.3 is 11.8 Å². The maximum absolute atomic E-state index is 11.9. The number of benzene rings is 2. The Hall–Kier alpha value is -2.24. The average Bonchev–Trinajstić information content (AvgIpc) is 2.50. The van der Waals surface area contributed by atoms with Crippen LogP contribution in [0.5, 0.6) is 0 Å². The molecule has 2 N–H and O–H groups in total. The highest BCUT2D eigenvalue weighted by Gasteiger charge is 2.15. The summed E-state index contributed by atoms with van der Waals surface area (Å²) in [5.41, 5.74) is 1.83. The first-order valence-electron chi connectivity index (χ1n) is 6.71. The van der Waals surface area contributed by atoms with Gasteiger partial charge in [-0.2, -0.15) is 0 Å². The van der Waals surface area contributed by atoms with Crippen molar-refractivity contribution in [1.29, 1.82) is 0 Å². The Morgan fingerprint density at radius 3 is 2.09 bits per heavy atom. The topological polar surface area (TPSA) is 61.4 Å². The van der Waals surface area contributed by atoms with Gasteiger partial charge in [0.25, 0.3) is 0 Å². The predicted octanol–water partition coefficient (Wildman–Crippen LogP) is 3.64. The van der Waals surface area contributed by atoms with Gasteiger partial charge in [0.15, 0.2) is 0 Å². The number of nitrogens with one attached hydrogen (secondary N) is 2. The van der Waals surface area contributed by atoms with Gasteiger partial charge in [-0.25, -0.2) is 0 Å². The van der Waals surface area contributed by atoms with Crippen molar-refractivity contribution in [3.63, 3.8) is 0 Å². The van der Waals surface area contributed by atoms with Gasteiger partial charge < -0.3 is 15.5 Å². The van der Waals surface area contributed by atoms with Crippen molar-refractivity contribution < 1.29 is 9.59 Å². The number of amides is 2. The Morgan fingerprint density at radius 1 is 0.913 bits per heavy atom. The van der Waals surface area contributed by atoms with Gasteiger partial charge in [0.05, 0.1) is 10.7 Å². The van der Waals surface area contributed by atoms with Gasteiger partial charge in [-0.3, -0.25) is 9.59 Å². The van der Waals surface area contributed by atoms with Crippen LogP contribution in [-0.4, -0.2) is 25.9 Å². The van der Waals surface area contributed by atoms with Gasteiger partial charge in [-0.05, 0) is 42.5 Å². The summed E-state index contributed by atoms with van der Waals surface area (Å²) in [6.07, 6.45) is 0. The van der Waals surface area contributed by atoms with Crippen molar-refractivity contribution in [2.45, 2.75) is 0 Å². The molecule has 0 fully saturated rings. The van der Waals surface area contributed by atoms with E-state index in [1.807, 2.05) is 31.1 Å². The van der Waals surface area contributed by atoms with E-state index >= 15 is 0 Å². The fourth-order valence-electron chi connectivity index (χ4n) is 1.80. The lowest BCUT2D eigenvalue weighted by atomic mass is 10.2. The molecule has 0 bridgehead atoms. The number of halogens is 2. The van der Waals surface area contributed by atoms with E-state index in [0.717, 1.165) is 5.69 Å². The standard InChI is InChI=1S/C16H15Cl2N3O2/c1-21(2)12-6-4-11(5-7-12)19-15(22)16(23)20-14-8-3-10(17)9-13(14)18/h3-9H,1-2H3,(H,19,22)(H,20,23). The van der Waals surface area contributed by atoms with Crippen LogP contribution < -0.4 is 15.5 Å². The third-order valence-corrected chi connectivity index (χ3v) is 3.57. The Balaban J connectivity index is 2.01. The molecule has 120 valence electrons. The molecule has 0 aliphatic heterocycles. The van der Waals surface area contributed by atoms with Crippen molar-refractivity contribution in [3.05, 3.63) is 52.5 Å². The zero-order chi connectivity index (χ0) is 17.0. The van der Waals surface area contributed by atoms with Crippen molar-refractivity contribution in [2.24, 2.45) is 0 Å². The summed E-state index contributed by atoms with van der Waals surface area (Å²) < 4.78 is 0. The molecule has 5 nitrogen and oxygen atoms in total. The van der Waals surface area contributed by atoms with Gasteiger partial charge in [0.1, 0.15) is 0 Å². The molecule has 0 radical (unpaired) electrons. The summed E-state index contributed by atoms with van der Waals surface area (Å²) >= 11 is 11.7. The minimum Gasteiger partial charge on any atom is -0.378 e. The SMILES string of the molecule is CN(C)c1ccc(NC(=O)C(=O)Nc2ccc(Cl)cc2Cl)cc1. The lowest BCUT2D eigenvalue weighted by molar-refractivity contribution is -0.132. The van der Waals surface area contributed by atoms with Crippen molar-refractivity contribution in [2.75, 3.05) is 29.6 Å². The van der Waals surface area contributed by atoms with E-state index in [2.05, 4.69) is 10.6 Å². The lowest BCUT2D eigenvalue weighted by Gasteiger charge is -2.13. The van der Waals surface area contributed by atoms with Gasteiger partial charge in [-0.1, -0.05) is 23.2 Å². The molecular formula is C16H15Cl2N3O2. The highest BCUT2D eigenvalue weighted by molar-refractivity contribution is 6.45. The number of rotatable bonds is 3. The average molecular weight is 352 g/mol. The predicted molar refractivity (Wildman–Crippen MR) is 94.5 cm³/mol. The molecule has 0 atom stereocenters. The fourth-order valence-corrected chi connectivity index (χ4v) is 2.26. The largest absolute Gasteiger partial charge is 0.378 e. The summed E-state index contributed by atoms with van der Waals surface area (Å²) in [6.45, 7) is 0. The van der Waals surface area contributed by atoms with Gasteiger partial charge in [-0.15, -0.1) is 0 Å². The van der Waals surface area contributed by atoms with E-state index in [9.17, 15) is 9.59 Å². The summed E-state index contributed by atoms with van der Waals surface area (Å²) in [7, 11) is 3.83. The van der Waals surface area contributed by atoms with Crippen LogP contribution in [0, 0.1) is 0 Å². The third kappa shape index (κ3) is 4.61. The van der Waals surface area contributed by atoms with Crippen LogP contribution in [0.1, 0.15) is 0 Å². The van der Waals surface area contributed by atoms with E-state index in [1.54, 1.807) is 18.2 Å². The molecule has 2 aromatic carbocycles. The second-order valence-corrected chi connectivity index (χ2v) is 5.82. The summed E-state index contributed by atoms with van der Waals surface area (Å²) in [4.78, 5) is 25.7. The minimum atomic E-state index is -0.814. The Labute approximate surface area is 144 Å². The number of hydrogen-bond donors (Lipinski definition) is 2. The molecule has 0 aliphatic rings. The van der Waals surface area contributed by atoms with Crippen LogP contribution in [0.25, 0.3) is 0 Å². The molecule has 7 heteroatoms. The van der Waals surface area contributed by atoms with Crippen molar-refractivity contribution in [3.8, 4) is 0 Å². The molecule has 2 amide bonds. The van der Waals surface area contributed by atoms with E-state index < -0.39 is 11.8 Å². The monoisotopic (exact) mass is 351 g/mol. The highest BCUT2D eigenvalue weighted by atomic mass is 35.5. The van der Waals surface area contributed by atoms with Gasteiger partial charge in [0.2, 0.25) is 0 Å². The molecular weight excluding hydrogens is 337 g/mol. The van der Waals surface area contributed by atoms with Crippen LogP contribution in [0.4, 0.5) is 17.1 Å². The third-order valence-electron chi connectivity index (χ3n) is 3.03. The number of carbonyl (C=O) groups excluding carboxylic acids is 2. The first kappa shape index (κ1) is 17.1. The second-order valence-electron chi connectivity index (χ2n) is 4.97. The van der Waals surface area contributed by atoms with Crippen LogP contribution in [0.15, 0.2) is 42.5 Å².